The number of pyridine rings is 1. The van der Waals surface area contributed by atoms with Crippen LogP contribution in [0.1, 0.15) is 51.5 Å². The lowest BCUT2D eigenvalue weighted by Crippen LogP contribution is -2.56. The Balaban J connectivity index is 1.18. The van der Waals surface area contributed by atoms with Gasteiger partial charge < -0.3 is 30.3 Å². The Morgan fingerprint density at radius 1 is 0.976 bits per heavy atom. The number of H-pyrrole nitrogens is 1. The van der Waals surface area contributed by atoms with Gasteiger partial charge in [-0.3, -0.25) is 9.69 Å². The Morgan fingerprint density at radius 3 is 2.37 bits per heavy atom. The zero-order chi connectivity index (χ0) is 29.1. The zero-order valence-corrected chi connectivity index (χ0v) is 25.0. The molecule has 220 valence electrons. The number of anilines is 3. The van der Waals surface area contributed by atoms with Crippen molar-refractivity contribution < 1.29 is 9.59 Å². The van der Waals surface area contributed by atoms with E-state index in [1.165, 1.54) is 0 Å². The van der Waals surface area contributed by atoms with Gasteiger partial charge in [0.1, 0.15) is 5.69 Å². The molecule has 10 nitrogen and oxygen atoms in total. The third kappa shape index (κ3) is 6.43. The molecule has 0 radical (unpaired) electrons. The van der Waals surface area contributed by atoms with Gasteiger partial charge in [0, 0.05) is 86.7 Å². The summed E-state index contributed by atoms with van der Waals surface area (Å²) in [4.78, 5) is 42.7. The van der Waals surface area contributed by atoms with Crippen molar-refractivity contribution in [2.45, 2.75) is 52.6 Å². The van der Waals surface area contributed by atoms with Crippen molar-refractivity contribution in [1.29, 1.82) is 0 Å². The molecule has 10 heteroatoms. The number of aromatic nitrogens is 2. The number of nitrogens with one attached hydrogen (secondary N) is 3. The number of hydrogen-bond donors (Lipinski definition) is 3. The van der Waals surface area contributed by atoms with Crippen molar-refractivity contribution in [1.82, 2.24) is 24.7 Å². The van der Waals surface area contributed by atoms with Crippen molar-refractivity contribution in [2.24, 2.45) is 0 Å². The molecule has 0 aliphatic carbocycles. The molecule has 1 aromatic carbocycles. The number of benzene rings is 1. The van der Waals surface area contributed by atoms with E-state index < -0.39 is 0 Å². The smallest absolute Gasteiger partial charge is 0.321 e. The molecule has 2 aromatic heterocycles. The Hall–Kier alpha value is -3.79. The van der Waals surface area contributed by atoms with Gasteiger partial charge in [-0.05, 0) is 70.5 Å². The van der Waals surface area contributed by atoms with Gasteiger partial charge in [0.15, 0.2) is 5.82 Å². The molecule has 4 heterocycles. The van der Waals surface area contributed by atoms with Crippen LogP contribution in [0.2, 0.25) is 0 Å². The average molecular weight is 561 g/mol. The van der Waals surface area contributed by atoms with E-state index in [4.69, 9.17) is 0 Å². The molecule has 0 unspecified atom stereocenters. The van der Waals surface area contributed by atoms with Gasteiger partial charge >= 0.3 is 6.03 Å². The second-order valence-electron chi connectivity index (χ2n) is 12.0. The molecule has 3 amide bonds. The first-order valence-corrected chi connectivity index (χ1v) is 14.8. The van der Waals surface area contributed by atoms with E-state index in [1.54, 1.807) is 0 Å². The summed E-state index contributed by atoms with van der Waals surface area (Å²) in [7, 11) is 0. The van der Waals surface area contributed by atoms with Gasteiger partial charge in [-0.25, -0.2) is 9.78 Å². The van der Waals surface area contributed by atoms with Gasteiger partial charge in [0.2, 0.25) is 0 Å². The number of amides is 3. The number of aromatic amines is 1. The fraction of sp³-hybridized carbons (Fsp3) is 0.516. The fourth-order valence-electron chi connectivity index (χ4n) is 5.63. The van der Waals surface area contributed by atoms with Gasteiger partial charge in [-0.15, -0.1) is 0 Å². The lowest BCUT2D eigenvalue weighted by Gasteiger charge is -2.43. The molecular formula is C31H44N8O2. The summed E-state index contributed by atoms with van der Waals surface area (Å²) in [5, 5.41) is 7.42. The lowest BCUT2D eigenvalue weighted by molar-refractivity contribution is 0.0640. The highest BCUT2D eigenvalue weighted by molar-refractivity contribution is 6.00. The van der Waals surface area contributed by atoms with Crippen LogP contribution in [-0.4, -0.2) is 101 Å². The molecule has 2 saturated heterocycles. The van der Waals surface area contributed by atoms with E-state index in [0.29, 0.717) is 37.9 Å². The van der Waals surface area contributed by atoms with Crippen LogP contribution in [0.15, 0.2) is 42.6 Å². The first-order valence-electron chi connectivity index (χ1n) is 14.8. The maximum Gasteiger partial charge on any atom is 0.321 e. The summed E-state index contributed by atoms with van der Waals surface area (Å²) in [5.41, 5.74) is 3.33. The largest absolute Gasteiger partial charge is 0.380 e. The van der Waals surface area contributed by atoms with Gasteiger partial charge in [-0.2, -0.15) is 0 Å². The van der Waals surface area contributed by atoms with Crippen molar-refractivity contribution in [2.75, 3.05) is 67.9 Å². The highest BCUT2D eigenvalue weighted by atomic mass is 16.2. The maximum absolute atomic E-state index is 13.4. The Kier molecular flexibility index (Phi) is 8.40. The maximum atomic E-state index is 13.4. The highest BCUT2D eigenvalue weighted by Gasteiger charge is 2.30. The third-order valence-electron chi connectivity index (χ3n) is 8.49. The molecule has 0 saturated carbocycles. The fourth-order valence-corrected chi connectivity index (χ4v) is 5.63. The van der Waals surface area contributed by atoms with E-state index in [9.17, 15) is 9.59 Å². The summed E-state index contributed by atoms with van der Waals surface area (Å²) in [6, 6.07) is 11.8. The Labute approximate surface area is 243 Å². The van der Waals surface area contributed by atoms with Gasteiger partial charge in [-0.1, -0.05) is 6.92 Å². The molecule has 41 heavy (non-hydrogen) atoms. The van der Waals surface area contributed by atoms with Crippen LogP contribution in [0.5, 0.6) is 0 Å². The molecule has 0 bridgehead atoms. The number of piperazine rings is 2. The minimum atomic E-state index is -0.0809. The lowest BCUT2D eigenvalue weighted by atomic mass is 9.98. The van der Waals surface area contributed by atoms with E-state index in [2.05, 4.69) is 71.1 Å². The monoisotopic (exact) mass is 560 g/mol. The molecule has 3 aromatic rings. The summed E-state index contributed by atoms with van der Waals surface area (Å²) in [6.45, 7) is 16.8. The third-order valence-corrected chi connectivity index (χ3v) is 8.49. The Morgan fingerprint density at radius 2 is 1.68 bits per heavy atom. The molecule has 3 N–H and O–H groups in total. The summed E-state index contributed by atoms with van der Waals surface area (Å²) >= 11 is 0. The van der Waals surface area contributed by atoms with Crippen molar-refractivity contribution in [3.8, 4) is 0 Å². The zero-order valence-electron chi connectivity index (χ0n) is 25.0. The first-order chi connectivity index (χ1) is 19.6. The van der Waals surface area contributed by atoms with E-state index >= 15 is 0 Å². The van der Waals surface area contributed by atoms with Crippen LogP contribution in [0.4, 0.5) is 22.0 Å². The van der Waals surface area contributed by atoms with Crippen LogP contribution in [0, 0.1) is 0 Å². The summed E-state index contributed by atoms with van der Waals surface area (Å²) in [5.74, 6) is 0.918. The van der Waals surface area contributed by atoms with Crippen LogP contribution >= 0.6 is 0 Å². The highest BCUT2D eigenvalue weighted by Crippen LogP contribution is 2.26. The number of rotatable bonds is 7. The van der Waals surface area contributed by atoms with E-state index in [1.807, 2.05) is 46.3 Å². The topological polar surface area (TPSA) is 99.8 Å². The normalized spacial score (nSPS) is 16.9. The number of carbonyl (C=O) groups excluding carboxylic acids is 2. The number of fused-ring (bicyclic) bond motifs is 1. The number of carbonyl (C=O) groups is 2. The second kappa shape index (κ2) is 12.0. The molecule has 0 atom stereocenters. The summed E-state index contributed by atoms with van der Waals surface area (Å²) < 4.78 is 0. The second-order valence-corrected chi connectivity index (χ2v) is 12.0. The van der Waals surface area contributed by atoms with Crippen LogP contribution < -0.4 is 15.5 Å². The quantitative estimate of drug-likeness (QED) is 0.388. The SMILES string of the molecule is CCC(C)(C)N1CCN(C(=O)Nc2ccc3[nH]c(C(=O)N4CCN(c5ncccc5NC(C)C)CC4)cc3c2)CC1. The number of nitrogens with zero attached hydrogens (tertiary/aromatic N) is 5. The van der Waals surface area contributed by atoms with Crippen LogP contribution in [-0.2, 0) is 0 Å². The summed E-state index contributed by atoms with van der Waals surface area (Å²) in [6.07, 6.45) is 2.90. The Bertz CT molecular complexity index is 1370. The van der Waals surface area contributed by atoms with Crippen molar-refractivity contribution in [3.63, 3.8) is 0 Å². The molecule has 2 fully saturated rings. The van der Waals surface area contributed by atoms with Gasteiger partial charge in [0.05, 0.1) is 5.69 Å². The predicted molar refractivity (Wildman–Crippen MR) is 166 cm³/mol. The molecule has 2 aliphatic heterocycles. The minimum absolute atomic E-state index is 0.0131. The molecule has 5 rings (SSSR count). The predicted octanol–water partition coefficient (Wildman–Crippen LogP) is 4.68. The number of urea groups is 1. The number of hydrogen-bond acceptors (Lipinski definition) is 6. The van der Waals surface area contributed by atoms with Crippen LogP contribution in [0.3, 0.4) is 0 Å². The van der Waals surface area contributed by atoms with Crippen molar-refractivity contribution in [3.05, 3.63) is 48.3 Å². The van der Waals surface area contributed by atoms with E-state index in [-0.39, 0.29) is 17.5 Å². The standard InChI is InChI=1S/C31H44N8O2/c1-6-31(4,5)39-18-16-38(17-19-39)30(41)34-24-9-10-25-23(20-24)21-27(35-25)29(40)37-14-12-36(13-15-37)28-26(33-22(2)3)8-7-11-32-28/h7-11,20-22,33,35H,6,12-19H2,1-5H3,(H,34,41). The van der Waals surface area contributed by atoms with E-state index in [0.717, 1.165) is 60.7 Å². The van der Waals surface area contributed by atoms with Gasteiger partial charge in [0.25, 0.3) is 5.91 Å². The molecular weight excluding hydrogens is 516 g/mol. The minimum Gasteiger partial charge on any atom is -0.380 e. The van der Waals surface area contributed by atoms with Crippen molar-refractivity contribution >= 4 is 40.0 Å². The first kappa shape index (κ1) is 28.7. The van der Waals surface area contributed by atoms with Crippen LogP contribution in [0.25, 0.3) is 10.9 Å². The molecule has 0 spiro atoms. The molecule has 2 aliphatic rings. The average Bonchev–Trinajstić information content (AvgIpc) is 3.40.